The minimum Gasteiger partial charge on any atom is -0.349 e. The Labute approximate surface area is 145 Å². The molecule has 4 nitrogen and oxygen atoms in total. The van der Waals surface area contributed by atoms with Crippen LogP contribution in [0, 0.1) is 20.8 Å². The van der Waals surface area contributed by atoms with E-state index < -0.39 is 11.8 Å². The first-order valence-corrected chi connectivity index (χ1v) is 7.96. The van der Waals surface area contributed by atoms with Gasteiger partial charge in [0.05, 0.1) is 5.69 Å². The van der Waals surface area contributed by atoms with E-state index in [1.54, 1.807) is 18.2 Å². The van der Waals surface area contributed by atoms with Crippen molar-refractivity contribution in [2.75, 3.05) is 10.2 Å². The summed E-state index contributed by atoms with van der Waals surface area (Å²) >= 11 is 6.16. The van der Waals surface area contributed by atoms with Crippen LogP contribution in [-0.4, -0.2) is 11.8 Å². The highest BCUT2D eigenvalue weighted by Gasteiger charge is 2.39. The van der Waals surface area contributed by atoms with Gasteiger partial charge in [0.25, 0.3) is 11.8 Å². The van der Waals surface area contributed by atoms with Gasteiger partial charge in [-0.05, 0) is 55.7 Å². The highest BCUT2D eigenvalue weighted by atomic mass is 35.5. The van der Waals surface area contributed by atoms with E-state index in [9.17, 15) is 9.59 Å². The monoisotopic (exact) mass is 340 g/mol. The van der Waals surface area contributed by atoms with E-state index in [2.05, 4.69) is 5.32 Å². The van der Waals surface area contributed by atoms with Crippen molar-refractivity contribution < 1.29 is 9.59 Å². The molecule has 1 N–H and O–H groups in total. The van der Waals surface area contributed by atoms with E-state index in [-0.39, 0.29) is 10.7 Å². The molecule has 0 unspecified atom stereocenters. The fourth-order valence-electron chi connectivity index (χ4n) is 2.63. The molecule has 0 fully saturated rings. The second-order valence-electron chi connectivity index (χ2n) is 5.85. The number of benzene rings is 2. The number of carbonyl (C=O) groups excluding carboxylic acids is 2. The van der Waals surface area contributed by atoms with Crippen LogP contribution in [0.3, 0.4) is 0 Å². The number of hydrogen-bond donors (Lipinski definition) is 1. The lowest BCUT2D eigenvalue weighted by molar-refractivity contribution is -0.120. The molecule has 0 aromatic heterocycles. The maximum Gasteiger partial charge on any atom is 0.283 e. The molecule has 1 aliphatic rings. The van der Waals surface area contributed by atoms with E-state index >= 15 is 0 Å². The van der Waals surface area contributed by atoms with Crippen molar-refractivity contribution in [1.29, 1.82) is 0 Å². The molecule has 0 aliphatic carbocycles. The van der Waals surface area contributed by atoms with E-state index in [0.717, 1.165) is 27.3 Å². The summed E-state index contributed by atoms with van der Waals surface area (Å²) in [7, 11) is 0. The minimum absolute atomic E-state index is 0.0950. The first-order valence-electron chi connectivity index (χ1n) is 7.58. The molecule has 2 amide bonds. The summed E-state index contributed by atoms with van der Waals surface area (Å²) in [5, 5.41) is 2.93. The van der Waals surface area contributed by atoms with Crippen LogP contribution >= 0.6 is 11.6 Å². The molecule has 0 radical (unpaired) electrons. The smallest absolute Gasteiger partial charge is 0.283 e. The average Bonchev–Trinajstić information content (AvgIpc) is 2.75. The number of amides is 2. The van der Waals surface area contributed by atoms with Crippen molar-refractivity contribution in [3.63, 3.8) is 0 Å². The van der Waals surface area contributed by atoms with Gasteiger partial charge >= 0.3 is 0 Å². The molecular formula is C19H17ClN2O2. The third-order valence-corrected chi connectivity index (χ3v) is 4.50. The Kier molecular flexibility index (Phi) is 4.16. The van der Waals surface area contributed by atoms with Gasteiger partial charge in [0.2, 0.25) is 0 Å². The Morgan fingerprint density at radius 2 is 1.67 bits per heavy atom. The molecular weight excluding hydrogens is 324 g/mol. The van der Waals surface area contributed by atoms with Crippen LogP contribution in [0.15, 0.2) is 53.2 Å². The summed E-state index contributed by atoms with van der Waals surface area (Å²) in [6.07, 6.45) is 0. The number of nitrogens with one attached hydrogen (secondary N) is 1. The lowest BCUT2D eigenvalue weighted by Crippen LogP contribution is -2.32. The van der Waals surface area contributed by atoms with Gasteiger partial charge in [-0.15, -0.1) is 0 Å². The highest BCUT2D eigenvalue weighted by Crippen LogP contribution is 2.31. The minimum atomic E-state index is -0.514. The Morgan fingerprint density at radius 1 is 0.958 bits per heavy atom. The largest absolute Gasteiger partial charge is 0.349 e. The van der Waals surface area contributed by atoms with E-state index in [4.69, 9.17) is 11.6 Å². The zero-order valence-corrected chi connectivity index (χ0v) is 14.4. The van der Waals surface area contributed by atoms with Gasteiger partial charge in [0, 0.05) is 5.69 Å². The van der Waals surface area contributed by atoms with Crippen molar-refractivity contribution in [3.8, 4) is 0 Å². The maximum absolute atomic E-state index is 12.7. The van der Waals surface area contributed by atoms with Gasteiger partial charge in [0.15, 0.2) is 0 Å². The van der Waals surface area contributed by atoms with Crippen molar-refractivity contribution >= 4 is 34.8 Å². The topological polar surface area (TPSA) is 49.4 Å². The second kappa shape index (κ2) is 6.13. The summed E-state index contributed by atoms with van der Waals surface area (Å²) in [5.74, 6) is -0.962. The SMILES string of the molecule is Cc1cccc(N2C(=O)C(Cl)=C(Nc3cccc(C)c3C)C2=O)c1. The van der Waals surface area contributed by atoms with Crippen LogP contribution in [0.4, 0.5) is 11.4 Å². The van der Waals surface area contributed by atoms with Crippen molar-refractivity contribution in [2.45, 2.75) is 20.8 Å². The van der Waals surface area contributed by atoms with Gasteiger partial charge in [-0.1, -0.05) is 35.9 Å². The van der Waals surface area contributed by atoms with Crippen molar-refractivity contribution in [2.24, 2.45) is 0 Å². The number of rotatable bonds is 3. The fourth-order valence-corrected chi connectivity index (χ4v) is 2.85. The fraction of sp³-hybridized carbons (Fsp3) is 0.158. The first-order chi connectivity index (χ1) is 11.4. The van der Waals surface area contributed by atoms with Gasteiger partial charge < -0.3 is 5.32 Å². The molecule has 0 spiro atoms. The van der Waals surface area contributed by atoms with Crippen LogP contribution in [0.2, 0.25) is 0 Å². The van der Waals surface area contributed by atoms with Crippen LogP contribution < -0.4 is 10.2 Å². The number of hydrogen-bond acceptors (Lipinski definition) is 3. The number of carbonyl (C=O) groups is 2. The second-order valence-corrected chi connectivity index (χ2v) is 6.22. The van der Waals surface area contributed by atoms with Crippen molar-refractivity contribution in [1.82, 2.24) is 0 Å². The number of imide groups is 1. The molecule has 122 valence electrons. The quantitative estimate of drug-likeness (QED) is 0.858. The van der Waals surface area contributed by atoms with Gasteiger partial charge in [-0.2, -0.15) is 0 Å². The third-order valence-electron chi connectivity index (χ3n) is 4.15. The summed E-state index contributed by atoms with van der Waals surface area (Å²) in [5.41, 5.74) is 4.43. The van der Waals surface area contributed by atoms with Crippen LogP contribution in [0.5, 0.6) is 0 Å². The summed E-state index contributed by atoms with van der Waals surface area (Å²) in [6, 6.07) is 12.9. The zero-order valence-electron chi connectivity index (χ0n) is 13.7. The molecule has 5 heteroatoms. The standard InChI is InChI=1S/C19H17ClN2O2/c1-11-6-4-8-14(10-11)22-18(23)16(20)17(19(22)24)21-15-9-5-7-12(2)13(15)3/h4-10,21H,1-3H3. The predicted octanol–water partition coefficient (Wildman–Crippen LogP) is 4.05. The Balaban J connectivity index is 1.96. The average molecular weight is 341 g/mol. The lowest BCUT2D eigenvalue weighted by Gasteiger charge is -2.16. The Hall–Kier alpha value is -2.59. The zero-order chi connectivity index (χ0) is 17.4. The van der Waals surface area contributed by atoms with Gasteiger partial charge in [-0.25, -0.2) is 4.90 Å². The number of anilines is 2. The van der Waals surface area contributed by atoms with Gasteiger partial charge in [-0.3, -0.25) is 9.59 Å². The molecule has 0 bridgehead atoms. The summed E-state index contributed by atoms with van der Waals surface area (Å²) in [4.78, 5) is 26.3. The molecule has 0 atom stereocenters. The Morgan fingerprint density at radius 3 is 2.38 bits per heavy atom. The molecule has 2 aromatic carbocycles. The molecule has 1 heterocycles. The first kappa shape index (κ1) is 16.3. The molecule has 0 saturated heterocycles. The predicted molar refractivity (Wildman–Crippen MR) is 96.1 cm³/mol. The van der Waals surface area contributed by atoms with Crippen LogP contribution in [0.1, 0.15) is 16.7 Å². The normalized spacial score (nSPS) is 14.6. The lowest BCUT2D eigenvalue weighted by atomic mass is 10.1. The van der Waals surface area contributed by atoms with E-state index in [0.29, 0.717) is 5.69 Å². The van der Waals surface area contributed by atoms with Gasteiger partial charge in [0.1, 0.15) is 10.7 Å². The Bertz CT molecular complexity index is 887. The maximum atomic E-state index is 12.7. The molecule has 1 aliphatic heterocycles. The number of aryl methyl sites for hydroxylation is 2. The van der Waals surface area contributed by atoms with Crippen LogP contribution in [0.25, 0.3) is 0 Å². The molecule has 24 heavy (non-hydrogen) atoms. The number of nitrogens with zero attached hydrogens (tertiary/aromatic N) is 1. The highest BCUT2D eigenvalue weighted by molar-refractivity contribution is 6.53. The molecule has 2 aromatic rings. The molecule has 0 saturated carbocycles. The number of halogens is 1. The summed E-state index contributed by atoms with van der Waals surface area (Å²) in [6.45, 7) is 5.84. The summed E-state index contributed by atoms with van der Waals surface area (Å²) < 4.78 is 0. The van der Waals surface area contributed by atoms with E-state index in [1.165, 1.54) is 0 Å². The van der Waals surface area contributed by atoms with Crippen molar-refractivity contribution in [3.05, 3.63) is 69.9 Å². The van der Waals surface area contributed by atoms with Crippen LogP contribution in [-0.2, 0) is 9.59 Å². The third kappa shape index (κ3) is 2.69. The van der Waals surface area contributed by atoms with E-state index in [1.807, 2.05) is 45.0 Å². The molecule has 3 rings (SSSR count).